The SMILES string of the molecule is CCCC[N+](C)(C)CC(=O)Nc1ccc(C(=O)/C=C/c2ccncc2)cc1. The van der Waals surface area contributed by atoms with Crippen LogP contribution < -0.4 is 5.32 Å². The number of hydrogen-bond acceptors (Lipinski definition) is 3. The maximum absolute atomic E-state index is 12.3. The Labute approximate surface area is 161 Å². The fourth-order valence-electron chi connectivity index (χ4n) is 2.71. The van der Waals surface area contributed by atoms with E-state index in [9.17, 15) is 9.59 Å². The zero-order valence-corrected chi connectivity index (χ0v) is 16.3. The number of anilines is 1. The second kappa shape index (κ2) is 9.78. The summed E-state index contributed by atoms with van der Waals surface area (Å²) < 4.78 is 0.663. The fraction of sp³-hybridized carbons (Fsp3) is 0.318. The molecule has 0 bridgehead atoms. The number of rotatable bonds is 9. The van der Waals surface area contributed by atoms with Gasteiger partial charge in [0.05, 0.1) is 20.6 Å². The first-order valence-electron chi connectivity index (χ1n) is 9.24. The number of carbonyl (C=O) groups is 2. The van der Waals surface area contributed by atoms with Crippen molar-refractivity contribution >= 4 is 23.5 Å². The highest BCUT2D eigenvalue weighted by Gasteiger charge is 2.19. The maximum Gasteiger partial charge on any atom is 0.279 e. The Hall–Kier alpha value is -2.79. The van der Waals surface area contributed by atoms with Gasteiger partial charge in [-0.25, -0.2) is 0 Å². The van der Waals surface area contributed by atoms with Crippen LogP contribution in [0.3, 0.4) is 0 Å². The summed E-state index contributed by atoms with van der Waals surface area (Å²) in [5.74, 6) is -0.102. The third kappa shape index (κ3) is 7.15. The first-order valence-corrected chi connectivity index (χ1v) is 9.24. The molecule has 0 unspecified atom stereocenters. The standard InChI is InChI=1S/C22H27N3O2/c1-4-5-16-25(2,3)17-22(27)24-20-9-7-19(8-10-20)21(26)11-6-18-12-14-23-15-13-18/h6-15H,4-5,16-17H2,1-3H3/p+1/b11-6+. The lowest BCUT2D eigenvalue weighted by atomic mass is 10.1. The number of ketones is 1. The molecule has 1 aromatic heterocycles. The second-order valence-electron chi connectivity index (χ2n) is 7.27. The number of likely N-dealkylation sites (N-methyl/N-ethyl adjacent to an activating group) is 1. The first kappa shape index (κ1) is 20.5. The molecular formula is C22H28N3O2+. The molecule has 5 heteroatoms. The number of nitrogens with zero attached hydrogens (tertiary/aromatic N) is 2. The van der Waals surface area contributed by atoms with E-state index in [0.29, 0.717) is 22.3 Å². The van der Waals surface area contributed by atoms with Crippen LogP contribution in [0.5, 0.6) is 0 Å². The molecule has 2 rings (SSSR count). The first-order chi connectivity index (χ1) is 12.9. The van der Waals surface area contributed by atoms with Crippen molar-refractivity contribution in [1.29, 1.82) is 0 Å². The van der Waals surface area contributed by atoms with E-state index in [1.54, 1.807) is 42.7 Å². The molecule has 1 heterocycles. The maximum atomic E-state index is 12.3. The number of hydrogen-bond donors (Lipinski definition) is 1. The minimum atomic E-state index is -0.0814. The van der Waals surface area contributed by atoms with Crippen LogP contribution in [0, 0.1) is 0 Å². The average Bonchev–Trinajstić information content (AvgIpc) is 2.65. The molecular weight excluding hydrogens is 338 g/mol. The molecule has 0 aliphatic heterocycles. The van der Waals surface area contributed by atoms with Gasteiger partial charge in [0, 0.05) is 23.6 Å². The number of aromatic nitrogens is 1. The summed E-state index contributed by atoms with van der Waals surface area (Å²) in [6.45, 7) is 3.55. The summed E-state index contributed by atoms with van der Waals surface area (Å²) in [6.07, 6.45) is 8.89. The smallest absolute Gasteiger partial charge is 0.279 e. The highest BCUT2D eigenvalue weighted by molar-refractivity contribution is 6.07. The Morgan fingerprint density at radius 3 is 2.37 bits per heavy atom. The second-order valence-corrected chi connectivity index (χ2v) is 7.27. The normalized spacial score (nSPS) is 11.5. The molecule has 0 saturated carbocycles. The van der Waals surface area contributed by atoms with E-state index in [1.165, 1.54) is 6.08 Å². The van der Waals surface area contributed by atoms with E-state index in [-0.39, 0.29) is 11.7 Å². The lowest BCUT2D eigenvalue weighted by molar-refractivity contribution is -0.882. The van der Waals surface area contributed by atoms with E-state index >= 15 is 0 Å². The minimum absolute atomic E-state index is 0.0206. The Bertz CT molecular complexity index is 781. The van der Waals surface area contributed by atoms with Crippen molar-refractivity contribution in [2.75, 3.05) is 32.5 Å². The van der Waals surface area contributed by atoms with Crippen LogP contribution in [-0.4, -0.2) is 48.3 Å². The van der Waals surface area contributed by atoms with Gasteiger partial charge in [0.15, 0.2) is 12.3 Å². The molecule has 0 aliphatic carbocycles. The zero-order valence-electron chi connectivity index (χ0n) is 16.3. The van der Waals surface area contributed by atoms with E-state index in [2.05, 4.69) is 31.3 Å². The van der Waals surface area contributed by atoms with Gasteiger partial charge in [-0.2, -0.15) is 0 Å². The molecule has 1 N–H and O–H groups in total. The molecule has 0 spiro atoms. The van der Waals surface area contributed by atoms with Crippen LogP contribution in [0.25, 0.3) is 6.08 Å². The molecule has 0 atom stereocenters. The molecule has 1 aromatic carbocycles. The van der Waals surface area contributed by atoms with Gasteiger partial charge in [-0.3, -0.25) is 14.6 Å². The summed E-state index contributed by atoms with van der Waals surface area (Å²) in [5.41, 5.74) is 2.20. The van der Waals surface area contributed by atoms with Gasteiger partial charge >= 0.3 is 0 Å². The van der Waals surface area contributed by atoms with Crippen molar-refractivity contribution in [2.24, 2.45) is 0 Å². The fourth-order valence-corrected chi connectivity index (χ4v) is 2.71. The summed E-state index contributed by atoms with van der Waals surface area (Å²) >= 11 is 0. The number of unbranched alkanes of at least 4 members (excludes halogenated alkanes) is 1. The van der Waals surface area contributed by atoms with Gasteiger partial charge < -0.3 is 9.80 Å². The van der Waals surface area contributed by atoms with Gasteiger partial charge in [-0.1, -0.05) is 19.4 Å². The lowest BCUT2D eigenvalue weighted by Crippen LogP contribution is -2.46. The minimum Gasteiger partial charge on any atom is -0.321 e. The van der Waals surface area contributed by atoms with Crippen LogP contribution in [0.4, 0.5) is 5.69 Å². The molecule has 142 valence electrons. The van der Waals surface area contributed by atoms with Crippen molar-refractivity contribution < 1.29 is 14.1 Å². The molecule has 2 aromatic rings. The zero-order chi connectivity index (χ0) is 19.7. The number of benzene rings is 1. The Kier molecular flexibility index (Phi) is 7.44. The van der Waals surface area contributed by atoms with Crippen molar-refractivity contribution in [2.45, 2.75) is 19.8 Å². The summed E-state index contributed by atoms with van der Waals surface area (Å²) in [4.78, 5) is 28.5. The summed E-state index contributed by atoms with van der Waals surface area (Å²) in [5, 5.41) is 2.91. The van der Waals surface area contributed by atoms with Crippen molar-refractivity contribution in [3.05, 3.63) is 66.0 Å². The Balaban J connectivity index is 1.91. The number of nitrogens with one attached hydrogen (secondary N) is 1. The number of allylic oxidation sites excluding steroid dienone is 1. The molecule has 0 saturated heterocycles. The molecule has 5 nitrogen and oxygen atoms in total. The van der Waals surface area contributed by atoms with E-state index in [0.717, 1.165) is 24.9 Å². The van der Waals surface area contributed by atoms with Crippen molar-refractivity contribution in [3.8, 4) is 0 Å². The predicted octanol–water partition coefficient (Wildman–Crippen LogP) is 3.79. The lowest BCUT2D eigenvalue weighted by Gasteiger charge is -2.28. The average molecular weight is 366 g/mol. The van der Waals surface area contributed by atoms with Gasteiger partial charge in [0.1, 0.15) is 0 Å². The number of amides is 1. The van der Waals surface area contributed by atoms with E-state index in [4.69, 9.17) is 0 Å². The van der Waals surface area contributed by atoms with Crippen LogP contribution >= 0.6 is 0 Å². The summed E-state index contributed by atoms with van der Waals surface area (Å²) in [7, 11) is 4.12. The molecule has 0 radical (unpaired) electrons. The summed E-state index contributed by atoms with van der Waals surface area (Å²) in [6, 6.07) is 10.7. The van der Waals surface area contributed by atoms with Gasteiger partial charge in [0.25, 0.3) is 5.91 Å². The molecule has 27 heavy (non-hydrogen) atoms. The Morgan fingerprint density at radius 1 is 1.07 bits per heavy atom. The van der Waals surface area contributed by atoms with Crippen LogP contribution in [-0.2, 0) is 4.79 Å². The third-order valence-electron chi connectivity index (χ3n) is 4.28. The van der Waals surface area contributed by atoms with Gasteiger partial charge in [-0.15, -0.1) is 0 Å². The predicted molar refractivity (Wildman–Crippen MR) is 109 cm³/mol. The molecule has 1 amide bonds. The van der Waals surface area contributed by atoms with Crippen molar-refractivity contribution in [1.82, 2.24) is 4.98 Å². The molecule has 0 aliphatic rings. The topological polar surface area (TPSA) is 59.1 Å². The quantitative estimate of drug-likeness (QED) is 0.417. The molecule has 0 fully saturated rings. The Morgan fingerprint density at radius 2 is 1.74 bits per heavy atom. The number of carbonyl (C=O) groups excluding carboxylic acids is 2. The van der Waals surface area contributed by atoms with Gasteiger partial charge in [-0.05, 0) is 54.5 Å². The number of pyridine rings is 1. The number of quaternary nitrogens is 1. The largest absolute Gasteiger partial charge is 0.321 e. The van der Waals surface area contributed by atoms with E-state index < -0.39 is 0 Å². The highest BCUT2D eigenvalue weighted by Crippen LogP contribution is 2.12. The van der Waals surface area contributed by atoms with Crippen LogP contribution in [0.1, 0.15) is 35.7 Å². The van der Waals surface area contributed by atoms with Crippen LogP contribution in [0.15, 0.2) is 54.9 Å². The van der Waals surface area contributed by atoms with E-state index in [1.807, 2.05) is 12.1 Å². The monoisotopic (exact) mass is 366 g/mol. The van der Waals surface area contributed by atoms with Gasteiger partial charge in [0.2, 0.25) is 0 Å². The van der Waals surface area contributed by atoms with Crippen LogP contribution in [0.2, 0.25) is 0 Å². The van der Waals surface area contributed by atoms with Crippen molar-refractivity contribution in [3.63, 3.8) is 0 Å². The highest BCUT2D eigenvalue weighted by atomic mass is 16.2. The third-order valence-corrected chi connectivity index (χ3v) is 4.28.